The van der Waals surface area contributed by atoms with Crippen LogP contribution in [0.3, 0.4) is 0 Å². The molecule has 1 fully saturated rings. The minimum absolute atomic E-state index is 0.000981. The average Bonchev–Trinajstić information content (AvgIpc) is 3.37. The van der Waals surface area contributed by atoms with Crippen LogP contribution < -0.4 is 0 Å². The maximum absolute atomic E-state index is 12.9. The van der Waals surface area contributed by atoms with E-state index in [0.717, 1.165) is 37.2 Å². The van der Waals surface area contributed by atoms with Gasteiger partial charge in [0.25, 0.3) is 5.91 Å². The summed E-state index contributed by atoms with van der Waals surface area (Å²) >= 11 is 0. The first-order chi connectivity index (χ1) is 12.2. The zero-order valence-corrected chi connectivity index (χ0v) is 14.2. The van der Waals surface area contributed by atoms with Gasteiger partial charge in [-0.05, 0) is 43.5 Å². The van der Waals surface area contributed by atoms with Gasteiger partial charge in [-0.25, -0.2) is 4.68 Å². The van der Waals surface area contributed by atoms with E-state index in [2.05, 4.69) is 10.2 Å². The summed E-state index contributed by atoms with van der Waals surface area (Å²) in [6, 6.07) is 11.8. The molecule has 0 unspecified atom stereocenters. The normalized spacial score (nSPS) is 17.2. The van der Waals surface area contributed by atoms with E-state index in [1.54, 1.807) is 10.7 Å². The molecule has 1 amide bonds. The smallest absolute Gasteiger partial charge is 0.274 e. The first-order valence-electron chi connectivity index (χ1n) is 8.62. The molecule has 2 aromatic heterocycles. The first-order valence-corrected chi connectivity index (χ1v) is 8.62. The van der Waals surface area contributed by atoms with Gasteiger partial charge in [0.2, 0.25) is 0 Å². The van der Waals surface area contributed by atoms with Crippen LogP contribution in [0.1, 0.15) is 28.9 Å². The number of aryl methyl sites for hydroxylation is 1. The summed E-state index contributed by atoms with van der Waals surface area (Å²) in [5.41, 5.74) is 2.58. The third-order valence-corrected chi connectivity index (χ3v) is 4.63. The van der Waals surface area contributed by atoms with Crippen LogP contribution in [0, 0.1) is 6.92 Å². The van der Waals surface area contributed by atoms with E-state index < -0.39 is 0 Å². The molecule has 6 heteroatoms. The van der Waals surface area contributed by atoms with Gasteiger partial charge in [-0.2, -0.15) is 10.2 Å². The largest absolute Gasteiger partial charge is 0.332 e. The van der Waals surface area contributed by atoms with Crippen LogP contribution in [0.5, 0.6) is 0 Å². The van der Waals surface area contributed by atoms with Crippen LogP contribution in [0.15, 0.2) is 55.0 Å². The Kier molecular flexibility index (Phi) is 4.09. The van der Waals surface area contributed by atoms with Crippen molar-refractivity contribution < 1.29 is 4.79 Å². The average molecular weight is 335 g/mol. The predicted octanol–water partition coefficient (Wildman–Crippen LogP) is 2.68. The van der Waals surface area contributed by atoms with Gasteiger partial charge in [-0.1, -0.05) is 18.2 Å². The fourth-order valence-corrected chi connectivity index (χ4v) is 3.39. The van der Waals surface area contributed by atoms with Crippen molar-refractivity contribution in [3.8, 4) is 5.69 Å². The van der Waals surface area contributed by atoms with Crippen molar-refractivity contribution in [3.05, 3.63) is 66.2 Å². The highest BCUT2D eigenvalue weighted by Crippen LogP contribution is 2.21. The summed E-state index contributed by atoms with van der Waals surface area (Å²) in [6.45, 7) is 3.54. The monoisotopic (exact) mass is 335 g/mol. The molecule has 0 aliphatic carbocycles. The quantitative estimate of drug-likeness (QED) is 0.736. The molecule has 3 aromatic rings. The SMILES string of the molecule is Cc1cnn(C[C@@H]2CCCN2C(=O)c2ccn(-c3ccccc3)n2)c1. The number of aromatic nitrogens is 4. The molecule has 0 N–H and O–H groups in total. The van der Waals surface area contributed by atoms with Crippen LogP contribution in [0.4, 0.5) is 0 Å². The number of likely N-dealkylation sites (tertiary alicyclic amines) is 1. The van der Waals surface area contributed by atoms with Crippen molar-refractivity contribution in [2.24, 2.45) is 0 Å². The van der Waals surface area contributed by atoms with Gasteiger partial charge < -0.3 is 4.90 Å². The third kappa shape index (κ3) is 3.20. The Hall–Kier alpha value is -2.89. The van der Waals surface area contributed by atoms with E-state index >= 15 is 0 Å². The number of hydrogen-bond acceptors (Lipinski definition) is 3. The van der Waals surface area contributed by atoms with Crippen molar-refractivity contribution in [2.75, 3.05) is 6.54 Å². The summed E-state index contributed by atoms with van der Waals surface area (Å²) < 4.78 is 3.67. The molecule has 1 saturated heterocycles. The van der Waals surface area contributed by atoms with E-state index in [0.29, 0.717) is 5.69 Å². The number of nitrogens with zero attached hydrogens (tertiary/aromatic N) is 5. The summed E-state index contributed by atoms with van der Waals surface area (Å²) in [6.07, 6.45) is 7.73. The van der Waals surface area contributed by atoms with Crippen LogP contribution in [-0.4, -0.2) is 43.0 Å². The number of rotatable bonds is 4. The zero-order valence-electron chi connectivity index (χ0n) is 14.2. The Morgan fingerprint density at radius 3 is 2.84 bits per heavy atom. The molecule has 0 radical (unpaired) electrons. The lowest BCUT2D eigenvalue weighted by atomic mass is 10.2. The second-order valence-corrected chi connectivity index (χ2v) is 6.52. The Labute approximate surface area is 146 Å². The van der Waals surface area contributed by atoms with E-state index in [4.69, 9.17) is 0 Å². The molecule has 0 saturated carbocycles. The lowest BCUT2D eigenvalue weighted by molar-refractivity contribution is 0.0715. The predicted molar refractivity (Wildman–Crippen MR) is 94.6 cm³/mol. The molecule has 4 rings (SSSR count). The van der Waals surface area contributed by atoms with Gasteiger partial charge in [0.15, 0.2) is 5.69 Å². The van der Waals surface area contributed by atoms with Gasteiger partial charge in [-0.3, -0.25) is 9.48 Å². The van der Waals surface area contributed by atoms with Gasteiger partial charge in [0.05, 0.1) is 24.5 Å². The molecule has 1 aliphatic rings. The molecule has 128 valence electrons. The number of carbonyl (C=O) groups excluding carboxylic acids is 1. The molecule has 6 nitrogen and oxygen atoms in total. The lowest BCUT2D eigenvalue weighted by Gasteiger charge is -2.23. The Balaban J connectivity index is 1.51. The standard InChI is InChI=1S/C19H21N5O/c1-15-12-20-22(13-15)14-17-8-5-10-23(17)19(25)18-9-11-24(21-18)16-6-3-2-4-7-16/h2-4,6-7,9,11-13,17H,5,8,10,14H2,1H3/t17-/m0/s1. The minimum atomic E-state index is 0.000981. The van der Waals surface area contributed by atoms with E-state index in [1.807, 2.05) is 65.4 Å². The molecular formula is C19H21N5O. The number of benzene rings is 1. The van der Waals surface area contributed by atoms with Crippen LogP contribution in [0.25, 0.3) is 5.69 Å². The van der Waals surface area contributed by atoms with E-state index in [1.165, 1.54) is 0 Å². The van der Waals surface area contributed by atoms with Crippen LogP contribution >= 0.6 is 0 Å². The topological polar surface area (TPSA) is 56.0 Å². The molecule has 1 aromatic carbocycles. The Bertz CT molecular complexity index is 867. The van der Waals surface area contributed by atoms with E-state index in [-0.39, 0.29) is 11.9 Å². The van der Waals surface area contributed by atoms with Crippen molar-refractivity contribution >= 4 is 5.91 Å². The highest BCUT2D eigenvalue weighted by Gasteiger charge is 2.31. The molecule has 1 aliphatic heterocycles. The molecule has 25 heavy (non-hydrogen) atoms. The maximum atomic E-state index is 12.9. The van der Waals surface area contributed by atoms with Crippen molar-refractivity contribution in [1.82, 2.24) is 24.5 Å². The molecule has 1 atom stereocenters. The van der Waals surface area contributed by atoms with Crippen molar-refractivity contribution in [2.45, 2.75) is 32.4 Å². The van der Waals surface area contributed by atoms with Gasteiger partial charge in [0, 0.05) is 18.9 Å². The van der Waals surface area contributed by atoms with Crippen LogP contribution in [-0.2, 0) is 6.54 Å². The fraction of sp³-hybridized carbons (Fsp3) is 0.316. The maximum Gasteiger partial charge on any atom is 0.274 e. The highest BCUT2D eigenvalue weighted by molar-refractivity contribution is 5.92. The summed E-state index contributed by atoms with van der Waals surface area (Å²) in [4.78, 5) is 14.9. The zero-order chi connectivity index (χ0) is 17.2. The van der Waals surface area contributed by atoms with Gasteiger partial charge in [-0.15, -0.1) is 0 Å². The number of para-hydroxylation sites is 1. The molecule has 3 heterocycles. The Morgan fingerprint density at radius 1 is 1.24 bits per heavy atom. The Morgan fingerprint density at radius 2 is 2.08 bits per heavy atom. The van der Waals surface area contributed by atoms with Crippen LogP contribution in [0.2, 0.25) is 0 Å². The number of carbonyl (C=O) groups is 1. The molecule has 0 bridgehead atoms. The fourth-order valence-electron chi connectivity index (χ4n) is 3.39. The highest BCUT2D eigenvalue weighted by atomic mass is 16.2. The van der Waals surface area contributed by atoms with Gasteiger partial charge in [0.1, 0.15) is 0 Å². The van der Waals surface area contributed by atoms with Crippen molar-refractivity contribution in [1.29, 1.82) is 0 Å². The number of amides is 1. The van der Waals surface area contributed by atoms with E-state index in [9.17, 15) is 4.79 Å². The summed E-state index contributed by atoms with van der Waals surface area (Å²) in [5.74, 6) is 0.000981. The summed E-state index contributed by atoms with van der Waals surface area (Å²) in [7, 11) is 0. The van der Waals surface area contributed by atoms with Gasteiger partial charge >= 0.3 is 0 Å². The van der Waals surface area contributed by atoms with Crippen molar-refractivity contribution in [3.63, 3.8) is 0 Å². The lowest BCUT2D eigenvalue weighted by Crippen LogP contribution is -2.38. The number of hydrogen-bond donors (Lipinski definition) is 0. The third-order valence-electron chi connectivity index (χ3n) is 4.63. The minimum Gasteiger partial charge on any atom is -0.332 e. The first kappa shape index (κ1) is 15.6. The second-order valence-electron chi connectivity index (χ2n) is 6.52. The summed E-state index contributed by atoms with van der Waals surface area (Å²) in [5, 5.41) is 8.82. The molecular weight excluding hydrogens is 314 g/mol. The molecule has 0 spiro atoms. The second kappa shape index (κ2) is 6.55.